The van der Waals surface area contributed by atoms with Crippen LogP contribution in [0.1, 0.15) is 11.3 Å². The molecule has 0 aliphatic heterocycles. The number of nitrogens with zero attached hydrogens (tertiary/aromatic N) is 2. The first kappa shape index (κ1) is 13.9. The molecule has 0 aliphatic carbocycles. The molecule has 0 unspecified atom stereocenters. The average molecular weight is 280 g/mol. The Kier molecular flexibility index (Phi) is 3.88. The van der Waals surface area contributed by atoms with E-state index >= 15 is 0 Å². The van der Waals surface area contributed by atoms with E-state index in [4.69, 9.17) is 4.74 Å². The summed E-state index contributed by atoms with van der Waals surface area (Å²) in [5.41, 5.74) is 0.363. The van der Waals surface area contributed by atoms with E-state index in [1.807, 2.05) is 13.0 Å². The Balaban J connectivity index is 2.14. The molecule has 104 valence electrons. The molecule has 1 aromatic carbocycles. The zero-order valence-electron chi connectivity index (χ0n) is 10.5. The fourth-order valence-corrected chi connectivity index (χ4v) is 1.54. The smallest absolute Gasteiger partial charge is 0.340 e. The molecule has 0 bridgehead atoms. The third-order valence-corrected chi connectivity index (χ3v) is 2.53. The first-order valence-corrected chi connectivity index (χ1v) is 5.65. The van der Waals surface area contributed by atoms with Crippen molar-refractivity contribution in [3.8, 4) is 5.75 Å². The Hall–Kier alpha value is -2.57. The van der Waals surface area contributed by atoms with Crippen LogP contribution in [-0.2, 0) is 6.61 Å². The number of halogens is 2. The van der Waals surface area contributed by atoms with Gasteiger partial charge in [-0.25, -0.2) is 0 Å². The Morgan fingerprint density at radius 2 is 1.95 bits per heavy atom. The first-order chi connectivity index (χ1) is 9.47. The molecular weight excluding hydrogens is 270 g/mol. The molecule has 0 saturated heterocycles. The maximum Gasteiger partial charge on any atom is 0.340 e. The van der Waals surface area contributed by atoms with Gasteiger partial charge in [-0.1, -0.05) is 6.07 Å². The Morgan fingerprint density at radius 3 is 2.45 bits per heavy atom. The minimum Gasteiger partial charge on any atom is -0.487 e. The highest BCUT2D eigenvalue weighted by Gasteiger charge is 2.22. The zero-order chi connectivity index (χ0) is 14.7. The van der Waals surface area contributed by atoms with Crippen LogP contribution in [0.3, 0.4) is 0 Å². The minimum absolute atomic E-state index is 0.0109. The van der Waals surface area contributed by atoms with Gasteiger partial charge >= 0.3 is 5.69 Å². The van der Waals surface area contributed by atoms with Gasteiger partial charge in [0.1, 0.15) is 12.4 Å². The average Bonchev–Trinajstić information content (AvgIpc) is 2.37. The van der Waals surface area contributed by atoms with Crippen LogP contribution in [0.5, 0.6) is 5.75 Å². The van der Waals surface area contributed by atoms with E-state index in [1.54, 1.807) is 12.3 Å². The number of benzene rings is 1. The number of hydrogen-bond donors (Lipinski definition) is 0. The van der Waals surface area contributed by atoms with Gasteiger partial charge in [0.25, 0.3) is 0 Å². The van der Waals surface area contributed by atoms with E-state index < -0.39 is 22.2 Å². The van der Waals surface area contributed by atoms with E-state index in [9.17, 15) is 18.9 Å². The fourth-order valence-electron chi connectivity index (χ4n) is 1.54. The van der Waals surface area contributed by atoms with Crippen LogP contribution in [0.4, 0.5) is 14.5 Å². The van der Waals surface area contributed by atoms with E-state index in [0.29, 0.717) is 5.69 Å². The van der Waals surface area contributed by atoms with Gasteiger partial charge in [-0.2, -0.15) is 8.78 Å². The maximum absolute atomic E-state index is 13.4. The van der Waals surface area contributed by atoms with E-state index in [-0.39, 0.29) is 12.4 Å². The monoisotopic (exact) mass is 280 g/mol. The largest absolute Gasteiger partial charge is 0.487 e. The molecule has 0 atom stereocenters. The number of aryl methyl sites for hydroxylation is 1. The van der Waals surface area contributed by atoms with Crippen molar-refractivity contribution in [2.45, 2.75) is 13.5 Å². The molecule has 1 aromatic heterocycles. The van der Waals surface area contributed by atoms with Gasteiger partial charge in [0, 0.05) is 18.3 Å². The predicted octanol–water partition coefficient (Wildman–Crippen LogP) is 3.16. The SMILES string of the molecule is Cc1ccc(COc2cc(F)c([N+](=O)[O-])c(F)c2)nc1. The van der Waals surface area contributed by atoms with Crippen molar-refractivity contribution >= 4 is 5.69 Å². The Bertz CT molecular complexity index is 622. The van der Waals surface area contributed by atoms with E-state index in [0.717, 1.165) is 17.7 Å². The summed E-state index contributed by atoms with van der Waals surface area (Å²) >= 11 is 0. The summed E-state index contributed by atoms with van der Waals surface area (Å²) in [6.45, 7) is 1.88. The molecular formula is C13H10F2N2O3. The van der Waals surface area contributed by atoms with Crippen molar-refractivity contribution in [1.82, 2.24) is 4.98 Å². The third-order valence-electron chi connectivity index (χ3n) is 2.53. The summed E-state index contributed by atoms with van der Waals surface area (Å²) < 4.78 is 31.9. The number of hydrogen-bond acceptors (Lipinski definition) is 4. The second kappa shape index (κ2) is 5.60. The first-order valence-electron chi connectivity index (χ1n) is 5.65. The lowest BCUT2D eigenvalue weighted by Crippen LogP contribution is -2.01. The van der Waals surface area contributed by atoms with Gasteiger partial charge in [0.2, 0.25) is 11.6 Å². The Morgan fingerprint density at radius 1 is 1.30 bits per heavy atom. The van der Waals surface area contributed by atoms with Gasteiger partial charge < -0.3 is 4.74 Å². The molecule has 1 heterocycles. The molecule has 7 heteroatoms. The van der Waals surface area contributed by atoms with Gasteiger partial charge in [-0.15, -0.1) is 0 Å². The summed E-state index contributed by atoms with van der Waals surface area (Å²) in [5, 5.41) is 10.4. The second-order valence-electron chi connectivity index (χ2n) is 4.11. The van der Waals surface area contributed by atoms with Crippen LogP contribution < -0.4 is 4.74 Å². The van der Waals surface area contributed by atoms with Gasteiger partial charge in [-0.05, 0) is 18.6 Å². The second-order valence-corrected chi connectivity index (χ2v) is 4.11. The summed E-state index contributed by atoms with van der Waals surface area (Å²) in [6, 6.07) is 5.08. The number of nitro groups is 1. The van der Waals surface area contributed by atoms with Gasteiger partial charge in [0.15, 0.2) is 0 Å². The van der Waals surface area contributed by atoms with Crippen LogP contribution >= 0.6 is 0 Å². The lowest BCUT2D eigenvalue weighted by molar-refractivity contribution is -0.390. The number of rotatable bonds is 4. The topological polar surface area (TPSA) is 65.3 Å². The lowest BCUT2D eigenvalue weighted by atomic mass is 10.2. The molecule has 0 fully saturated rings. The molecule has 2 aromatic rings. The Labute approximate surface area is 113 Å². The van der Waals surface area contributed by atoms with Crippen molar-refractivity contribution < 1.29 is 18.4 Å². The van der Waals surface area contributed by atoms with Crippen LogP contribution in [-0.4, -0.2) is 9.91 Å². The fraction of sp³-hybridized carbons (Fsp3) is 0.154. The molecule has 0 radical (unpaired) electrons. The lowest BCUT2D eigenvalue weighted by Gasteiger charge is -2.06. The molecule has 20 heavy (non-hydrogen) atoms. The van der Waals surface area contributed by atoms with Crippen LogP contribution in [0, 0.1) is 28.7 Å². The van der Waals surface area contributed by atoms with Crippen molar-refractivity contribution in [2.24, 2.45) is 0 Å². The minimum atomic E-state index is -1.28. The third kappa shape index (κ3) is 3.05. The van der Waals surface area contributed by atoms with E-state index in [1.165, 1.54) is 0 Å². The van der Waals surface area contributed by atoms with Gasteiger partial charge in [0.05, 0.1) is 10.6 Å². The van der Waals surface area contributed by atoms with Crippen molar-refractivity contribution in [3.63, 3.8) is 0 Å². The van der Waals surface area contributed by atoms with Crippen molar-refractivity contribution in [2.75, 3.05) is 0 Å². The summed E-state index contributed by atoms with van der Waals surface area (Å²) in [5.74, 6) is -2.68. The quantitative estimate of drug-likeness (QED) is 0.637. The number of ether oxygens (including phenoxy) is 1. The molecule has 0 aliphatic rings. The van der Waals surface area contributed by atoms with Crippen LogP contribution in [0.25, 0.3) is 0 Å². The number of aromatic nitrogens is 1. The van der Waals surface area contributed by atoms with Gasteiger partial charge in [-0.3, -0.25) is 15.1 Å². The zero-order valence-corrected chi connectivity index (χ0v) is 10.5. The summed E-state index contributed by atoms with van der Waals surface area (Å²) in [4.78, 5) is 13.4. The summed E-state index contributed by atoms with van der Waals surface area (Å²) in [7, 11) is 0. The highest BCUT2D eigenvalue weighted by atomic mass is 19.1. The standard InChI is InChI=1S/C13H10F2N2O3/c1-8-2-3-9(16-6-8)7-20-10-4-11(14)13(17(18)19)12(15)5-10/h2-6H,7H2,1H3. The van der Waals surface area contributed by atoms with Crippen LogP contribution in [0.2, 0.25) is 0 Å². The number of pyridine rings is 1. The molecule has 5 nitrogen and oxygen atoms in total. The van der Waals surface area contributed by atoms with Crippen LogP contribution in [0.15, 0.2) is 30.5 Å². The molecule has 0 spiro atoms. The highest BCUT2D eigenvalue weighted by molar-refractivity contribution is 5.39. The molecule has 0 amide bonds. The van der Waals surface area contributed by atoms with Crippen molar-refractivity contribution in [1.29, 1.82) is 0 Å². The highest BCUT2D eigenvalue weighted by Crippen LogP contribution is 2.26. The summed E-state index contributed by atoms with van der Waals surface area (Å²) in [6.07, 6.45) is 1.63. The number of nitro benzene ring substituents is 1. The maximum atomic E-state index is 13.4. The normalized spacial score (nSPS) is 10.3. The predicted molar refractivity (Wildman–Crippen MR) is 66.3 cm³/mol. The molecule has 0 saturated carbocycles. The van der Waals surface area contributed by atoms with Crippen molar-refractivity contribution in [3.05, 3.63) is 63.5 Å². The van der Waals surface area contributed by atoms with E-state index in [2.05, 4.69) is 4.98 Å². The molecule has 0 N–H and O–H groups in total. The molecule has 2 rings (SSSR count).